The lowest BCUT2D eigenvalue weighted by Crippen LogP contribution is -2.30. The number of hydrogen-bond acceptors (Lipinski definition) is 4. The monoisotopic (exact) mass is 206 g/mol. The lowest BCUT2D eigenvalue weighted by molar-refractivity contribution is 0.0217. The van der Waals surface area contributed by atoms with Gasteiger partial charge in [-0.2, -0.15) is 0 Å². The topological polar surface area (TPSA) is 73.1 Å². The molecule has 0 aliphatic carbocycles. The molecule has 0 spiro atoms. The second-order valence-corrected chi connectivity index (χ2v) is 3.96. The normalized spacial score (nSPS) is 36.8. The summed E-state index contributed by atoms with van der Waals surface area (Å²) in [4.78, 5) is 10.7. The standard InChI is InChI=1S/C10H10N2O3/c13-9-7-5-3-1-2-4-6(5)8(10(9)14)12(7)11-15/h1-4,7-10,13-14H/t7-,8+,9-,10+. The lowest BCUT2D eigenvalue weighted by Gasteiger charge is -2.21. The van der Waals surface area contributed by atoms with Crippen LogP contribution < -0.4 is 0 Å². The molecule has 0 aromatic heterocycles. The minimum absolute atomic E-state index is 0.487. The number of aliphatic hydroxyl groups is 2. The first-order valence-electron chi connectivity index (χ1n) is 4.82. The molecule has 4 atom stereocenters. The van der Waals surface area contributed by atoms with Crippen LogP contribution in [0.15, 0.2) is 29.6 Å². The summed E-state index contributed by atoms with van der Waals surface area (Å²) in [6.07, 6.45) is -1.86. The van der Waals surface area contributed by atoms with Crippen LogP contribution in [0.2, 0.25) is 0 Å². The van der Waals surface area contributed by atoms with Gasteiger partial charge in [-0.25, -0.2) is 5.01 Å². The Kier molecular flexibility index (Phi) is 1.63. The van der Waals surface area contributed by atoms with E-state index in [0.29, 0.717) is 0 Å². The van der Waals surface area contributed by atoms with E-state index < -0.39 is 24.3 Å². The van der Waals surface area contributed by atoms with Gasteiger partial charge in [-0.15, -0.1) is 4.91 Å². The first kappa shape index (κ1) is 8.82. The number of benzene rings is 1. The van der Waals surface area contributed by atoms with Crippen molar-refractivity contribution in [3.05, 3.63) is 40.3 Å². The molecule has 2 aliphatic heterocycles. The summed E-state index contributed by atoms with van der Waals surface area (Å²) in [6, 6.07) is 6.43. The van der Waals surface area contributed by atoms with Crippen LogP contribution in [0.1, 0.15) is 23.2 Å². The average Bonchev–Trinajstić information content (AvgIpc) is 2.71. The molecule has 0 amide bonds. The predicted octanol–water partition coefficient (Wildman–Crippen LogP) is 0.501. The van der Waals surface area contributed by atoms with Gasteiger partial charge in [0.1, 0.15) is 24.3 Å². The van der Waals surface area contributed by atoms with Crippen LogP contribution in [0.4, 0.5) is 0 Å². The fourth-order valence-electron chi connectivity index (χ4n) is 2.66. The van der Waals surface area contributed by atoms with E-state index in [1.54, 1.807) is 0 Å². The number of nitroso groups, excluding NO2 is 1. The second kappa shape index (κ2) is 2.77. The molecule has 5 nitrogen and oxygen atoms in total. The largest absolute Gasteiger partial charge is 0.388 e. The number of hydrogen-bond donors (Lipinski definition) is 2. The summed E-state index contributed by atoms with van der Waals surface area (Å²) < 4.78 is 0. The molecule has 2 heterocycles. The van der Waals surface area contributed by atoms with Crippen LogP contribution in [0.25, 0.3) is 0 Å². The van der Waals surface area contributed by atoms with E-state index in [1.807, 2.05) is 24.3 Å². The van der Waals surface area contributed by atoms with Crippen LogP contribution in [0, 0.1) is 4.91 Å². The quantitative estimate of drug-likeness (QED) is 0.656. The van der Waals surface area contributed by atoms with E-state index in [-0.39, 0.29) is 0 Å². The van der Waals surface area contributed by atoms with E-state index in [2.05, 4.69) is 5.29 Å². The van der Waals surface area contributed by atoms with Crippen LogP contribution in [-0.4, -0.2) is 27.4 Å². The van der Waals surface area contributed by atoms with Crippen molar-refractivity contribution in [2.75, 3.05) is 0 Å². The summed E-state index contributed by atoms with van der Waals surface area (Å²) >= 11 is 0. The van der Waals surface area contributed by atoms with Gasteiger partial charge in [-0.3, -0.25) is 0 Å². The molecule has 0 radical (unpaired) electrons. The minimum atomic E-state index is -0.928. The molecule has 2 N–H and O–H groups in total. The molecule has 2 bridgehead atoms. The Bertz CT molecular complexity index is 388. The molecule has 1 aromatic carbocycles. The highest BCUT2D eigenvalue weighted by molar-refractivity contribution is 5.42. The highest BCUT2D eigenvalue weighted by Crippen LogP contribution is 2.52. The zero-order valence-corrected chi connectivity index (χ0v) is 7.82. The van der Waals surface area contributed by atoms with Crippen LogP contribution in [-0.2, 0) is 0 Å². The zero-order chi connectivity index (χ0) is 10.6. The van der Waals surface area contributed by atoms with Gasteiger partial charge in [-0.1, -0.05) is 24.3 Å². The van der Waals surface area contributed by atoms with Crippen molar-refractivity contribution in [2.45, 2.75) is 24.3 Å². The summed E-state index contributed by atoms with van der Waals surface area (Å²) in [6.45, 7) is 0. The Morgan fingerprint density at radius 3 is 1.93 bits per heavy atom. The average molecular weight is 206 g/mol. The summed E-state index contributed by atoms with van der Waals surface area (Å²) in [7, 11) is 0. The number of aliphatic hydroxyl groups excluding tert-OH is 2. The Labute approximate surface area is 85.9 Å². The third-order valence-electron chi connectivity index (χ3n) is 3.29. The van der Waals surface area contributed by atoms with Gasteiger partial charge in [0, 0.05) is 0 Å². The first-order valence-corrected chi connectivity index (χ1v) is 4.82. The van der Waals surface area contributed by atoms with Crippen molar-refractivity contribution in [2.24, 2.45) is 5.29 Å². The van der Waals surface area contributed by atoms with Crippen LogP contribution in [0.3, 0.4) is 0 Å². The van der Waals surface area contributed by atoms with Gasteiger partial charge in [0.25, 0.3) is 0 Å². The van der Waals surface area contributed by atoms with Gasteiger partial charge < -0.3 is 10.2 Å². The molecule has 1 fully saturated rings. The van der Waals surface area contributed by atoms with Gasteiger partial charge in [0.2, 0.25) is 0 Å². The molecule has 15 heavy (non-hydrogen) atoms. The Morgan fingerprint density at radius 1 is 1.07 bits per heavy atom. The van der Waals surface area contributed by atoms with Crippen LogP contribution >= 0.6 is 0 Å². The molecule has 78 valence electrons. The summed E-state index contributed by atoms with van der Waals surface area (Å²) in [5.41, 5.74) is 1.78. The van der Waals surface area contributed by atoms with Crippen molar-refractivity contribution in [1.82, 2.24) is 5.01 Å². The number of nitrogens with zero attached hydrogens (tertiary/aromatic N) is 2. The maximum absolute atomic E-state index is 10.7. The van der Waals surface area contributed by atoms with Crippen molar-refractivity contribution < 1.29 is 10.2 Å². The van der Waals surface area contributed by atoms with Crippen molar-refractivity contribution in [3.63, 3.8) is 0 Å². The van der Waals surface area contributed by atoms with Gasteiger partial charge in [-0.05, 0) is 11.1 Å². The van der Waals surface area contributed by atoms with Crippen molar-refractivity contribution >= 4 is 0 Å². The summed E-state index contributed by atoms with van der Waals surface area (Å²) in [5, 5.41) is 23.6. The van der Waals surface area contributed by atoms with Crippen LogP contribution in [0.5, 0.6) is 0 Å². The molecule has 0 saturated carbocycles. The molecule has 5 heteroatoms. The summed E-state index contributed by atoms with van der Waals surface area (Å²) in [5.74, 6) is 0. The molecular formula is C10H10N2O3. The second-order valence-electron chi connectivity index (χ2n) is 3.96. The fraction of sp³-hybridized carbons (Fsp3) is 0.400. The van der Waals surface area contributed by atoms with E-state index in [4.69, 9.17) is 0 Å². The van der Waals surface area contributed by atoms with Gasteiger partial charge in [0.05, 0.1) is 5.29 Å². The van der Waals surface area contributed by atoms with Crippen molar-refractivity contribution in [3.8, 4) is 0 Å². The Morgan fingerprint density at radius 2 is 1.53 bits per heavy atom. The first-order chi connectivity index (χ1) is 7.25. The predicted molar refractivity (Wildman–Crippen MR) is 51.6 cm³/mol. The molecule has 1 saturated heterocycles. The molecular weight excluding hydrogens is 196 g/mol. The molecule has 0 unspecified atom stereocenters. The molecule has 1 aromatic rings. The number of rotatable bonds is 1. The van der Waals surface area contributed by atoms with E-state index in [1.165, 1.54) is 5.01 Å². The minimum Gasteiger partial charge on any atom is -0.388 e. The third-order valence-corrected chi connectivity index (χ3v) is 3.29. The SMILES string of the molecule is O=NN1[C@@H]2c3ccccc3[C@H]1[C@H](O)[C@@H]2O. The highest BCUT2D eigenvalue weighted by Gasteiger charge is 2.56. The van der Waals surface area contributed by atoms with Crippen molar-refractivity contribution in [1.29, 1.82) is 0 Å². The van der Waals surface area contributed by atoms with E-state index >= 15 is 0 Å². The Balaban J connectivity index is 2.19. The fourth-order valence-corrected chi connectivity index (χ4v) is 2.66. The van der Waals surface area contributed by atoms with Gasteiger partial charge in [0.15, 0.2) is 0 Å². The maximum Gasteiger partial charge on any atom is 0.109 e. The lowest BCUT2D eigenvalue weighted by atomic mass is 9.88. The zero-order valence-electron chi connectivity index (χ0n) is 7.82. The molecule has 2 aliphatic rings. The highest BCUT2D eigenvalue weighted by atomic mass is 16.3. The molecule has 3 rings (SSSR count). The van der Waals surface area contributed by atoms with E-state index in [0.717, 1.165) is 11.1 Å². The van der Waals surface area contributed by atoms with E-state index in [9.17, 15) is 15.1 Å². The smallest absolute Gasteiger partial charge is 0.109 e. The number of fused-ring (bicyclic) bond motifs is 5. The van der Waals surface area contributed by atoms with Gasteiger partial charge >= 0.3 is 0 Å². The third kappa shape index (κ3) is 0.891. The Hall–Kier alpha value is -1.46. The maximum atomic E-state index is 10.7.